The molecule has 0 radical (unpaired) electrons. The third-order valence-corrected chi connectivity index (χ3v) is 5.49. The van der Waals surface area contributed by atoms with E-state index < -0.39 is 0 Å². The third kappa shape index (κ3) is 3.14. The van der Waals surface area contributed by atoms with Crippen LogP contribution in [0, 0.1) is 5.82 Å². The van der Waals surface area contributed by atoms with E-state index in [9.17, 15) is 4.39 Å². The first-order valence-corrected chi connectivity index (χ1v) is 8.46. The van der Waals surface area contributed by atoms with Crippen molar-refractivity contribution < 1.29 is 4.39 Å². The number of halogens is 1. The number of benzene rings is 1. The van der Waals surface area contributed by atoms with E-state index in [1.165, 1.54) is 64.1 Å². The maximum Gasteiger partial charge on any atom is 0.123 e. The third-order valence-electron chi connectivity index (χ3n) is 5.49. The molecule has 3 heteroatoms. The van der Waals surface area contributed by atoms with Crippen LogP contribution in [-0.2, 0) is 6.42 Å². The van der Waals surface area contributed by atoms with Crippen molar-refractivity contribution >= 4 is 0 Å². The summed E-state index contributed by atoms with van der Waals surface area (Å²) in [5.74, 6) is -0.154. The molecule has 2 aliphatic rings. The number of piperidine rings is 1. The van der Waals surface area contributed by atoms with Gasteiger partial charge >= 0.3 is 0 Å². The Morgan fingerprint density at radius 1 is 1.10 bits per heavy atom. The van der Waals surface area contributed by atoms with Crippen LogP contribution < -0.4 is 5.73 Å². The predicted octanol–water partition coefficient (Wildman–Crippen LogP) is 3.49. The summed E-state index contributed by atoms with van der Waals surface area (Å²) in [7, 11) is 0. The molecule has 2 nitrogen and oxygen atoms in total. The van der Waals surface area contributed by atoms with Crippen LogP contribution in [0.2, 0.25) is 0 Å². The fraction of sp³-hybridized carbons (Fsp3) is 0.667. The SMILES string of the molecule is NC(Cc1cccc(F)c1)C1(N2CCCCC2)CCCC1. The maximum absolute atomic E-state index is 13.4. The van der Waals surface area contributed by atoms with E-state index in [-0.39, 0.29) is 17.4 Å². The van der Waals surface area contributed by atoms with Crippen LogP contribution in [0.15, 0.2) is 24.3 Å². The number of nitrogens with two attached hydrogens (primary N) is 1. The summed E-state index contributed by atoms with van der Waals surface area (Å²) in [5.41, 5.74) is 7.86. The Morgan fingerprint density at radius 3 is 2.48 bits per heavy atom. The average molecular weight is 290 g/mol. The summed E-state index contributed by atoms with van der Waals surface area (Å²) in [5, 5.41) is 0. The molecule has 1 aliphatic heterocycles. The Labute approximate surface area is 127 Å². The van der Waals surface area contributed by atoms with Gasteiger partial charge in [-0.3, -0.25) is 4.90 Å². The first-order valence-electron chi connectivity index (χ1n) is 8.46. The molecule has 0 amide bonds. The lowest BCUT2D eigenvalue weighted by Crippen LogP contribution is -2.60. The number of nitrogens with zero attached hydrogens (tertiary/aromatic N) is 1. The lowest BCUT2D eigenvalue weighted by molar-refractivity contribution is 0.0482. The van der Waals surface area contributed by atoms with Crippen molar-refractivity contribution in [3.63, 3.8) is 0 Å². The van der Waals surface area contributed by atoms with Crippen LogP contribution in [0.5, 0.6) is 0 Å². The summed E-state index contributed by atoms with van der Waals surface area (Å²) in [6.45, 7) is 2.38. The van der Waals surface area contributed by atoms with Crippen LogP contribution in [-0.4, -0.2) is 29.6 Å². The van der Waals surface area contributed by atoms with Crippen molar-refractivity contribution in [1.82, 2.24) is 4.90 Å². The maximum atomic E-state index is 13.4. The van der Waals surface area contributed by atoms with E-state index in [0.717, 1.165) is 12.0 Å². The van der Waals surface area contributed by atoms with Gasteiger partial charge in [-0.2, -0.15) is 0 Å². The van der Waals surface area contributed by atoms with Crippen molar-refractivity contribution in [2.45, 2.75) is 62.9 Å². The van der Waals surface area contributed by atoms with Gasteiger partial charge in [0.05, 0.1) is 0 Å². The van der Waals surface area contributed by atoms with Crippen LogP contribution in [0.4, 0.5) is 4.39 Å². The van der Waals surface area contributed by atoms with E-state index in [0.29, 0.717) is 0 Å². The second-order valence-electron chi connectivity index (χ2n) is 6.80. The number of hydrogen-bond donors (Lipinski definition) is 1. The quantitative estimate of drug-likeness (QED) is 0.919. The molecule has 2 N–H and O–H groups in total. The fourth-order valence-electron chi connectivity index (χ4n) is 4.36. The van der Waals surface area contributed by atoms with E-state index in [1.807, 2.05) is 6.07 Å². The van der Waals surface area contributed by atoms with Gasteiger partial charge in [0.25, 0.3) is 0 Å². The van der Waals surface area contributed by atoms with Gasteiger partial charge in [0.1, 0.15) is 5.82 Å². The molecule has 1 atom stereocenters. The Balaban J connectivity index is 1.76. The van der Waals surface area contributed by atoms with E-state index in [1.54, 1.807) is 12.1 Å². The highest BCUT2D eigenvalue weighted by atomic mass is 19.1. The monoisotopic (exact) mass is 290 g/mol. The Morgan fingerprint density at radius 2 is 1.81 bits per heavy atom. The first kappa shape index (κ1) is 15.0. The highest BCUT2D eigenvalue weighted by Gasteiger charge is 2.44. The number of likely N-dealkylation sites (tertiary alicyclic amines) is 1. The van der Waals surface area contributed by atoms with E-state index >= 15 is 0 Å². The normalized spacial score (nSPS) is 24.1. The highest BCUT2D eigenvalue weighted by molar-refractivity contribution is 5.19. The molecule has 0 aromatic heterocycles. The summed E-state index contributed by atoms with van der Waals surface area (Å²) < 4.78 is 13.4. The van der Waals surface area contributed by atoms with Gasteiger partial charge in [-0.05, 0) is 62.9 Å². The standard InChI is InChI=1S/C18H27FN2/c19-16-8-6-7-15(13-16)14-17(20)18(9-2-3-10-18)21-11-4-1-5-12-21/h6-8,13,17H,1-5,9-12,14,20H2. The number of rotatable bonds is 4. The van der Waals surface area contributed by atoms with Crippen molar-refractivity contribution in [2.75, 3.05) is 13.1 Å². The van der Waals surface area contributed by atoms with Crippen molar-refractivity contribution in [3.8, 4) is 0 Å². The minimum atomic E-state index is -0.154. The van der Waals surface area contributed by atoms with E-state index in [4.69, 9.17) is 5.73 Å². The van der Waals surface area contributed by atoms with Crippen molar-refractivity contribution in [1.29, 1.82) is 0 Å². The molecule has 1 heterocycles. The molecule has 21 heavy (non-hydrogen) atoms. The van der Waals surface area contributed by atoms with Gasteiger partial charge in [0.15, 0.2) is 0 Å². The van der Waals surface area contributed by atoms with E-state index in [2.05, 4.69) is 4.90 Å². The Bertz CT molecular complexity index is 462. The zero-order valence-electron chi connectivity index (χ0n) is 12.9. The number of hydrogen-bond acceptors (Lipinski definition) is 2. The zero-order chi connectivity index (χ0) is 14.7. The minimum absolute atomic E-state index is 0.111. The molecule has 2 fully saturated rings. The van der Waals surface area contributed by atoms with Crippen molar-refractivity contribution in [2.24, 2.45) is 5.73 Å². The molecule has 0 spiro atoms. The fourth-order valence-corrected chi connectivity index (χ4v) is 4.36. The molecule has 1 unspecified atom stereocenters. The molecule has 1 saturated carbocycles. The summed E-state index contributed by atoms with van der Waals surface area (Å²) in [4.78, 5) is 2.66. The lowest BCUT2D eigenvalue weighted by atomic mass is 9.82. The second-order valence-corrected chi connectivity index (χ2v) is 6.80. The molecule has 3 rings (SSSR count). The Kier molecular flexibility index (Phi) is 4.60. The Hall–Kier alpha value is -0.930. The largest absolute Gasteiger partial charge is 0.326 e. The molecule has 0 bridgehead atoms. The van der Waals surface area contributed by atoms with Gasteiger partial charge in [0, 0.05) is 11.6 Å². The van der Waals surface area contributed by atoms with Gasteiger partial charge in [0.2, 0.25) is 0 Å². The summed E-state index contributed by atoms with van der Waals surface area (Å²) in [6.07, 6.45) is 9.73. The predicted molar refractivity (Wildman–Crippen MR) is 84.7 cm³/mol. The smallest absolute Gasteiger partial charge is 0.123 e. The zero-order valence-corrected chi connectivity index (χ0v) is 12.9. The molecular weight excluding hydrogens is 263 g/mol. The van der Waals surface area contributed by atoms with Gasteiger partial charge in [-0.15, -0.1) is 0 Å². The van der Waals surface area contributed by atoms with Crippen molar-refractivity contribution in [3.05, 3.63) is 35.6 Å². The van der Waals surface area contributed by atoms with Crippen LogP contribution in [0.1, 0.15) is 50.5 Å². The molecule has 116 valence electrons. The van der Waals surface area contributed by atoms with Crippen LogP contribution in [0.3, 0.4) is 0 Å². The molecular formula is C18H27FN2. The lowest BCUT2D eigenvalue weighted by Gasteiger charge is -2.47. The summed E-state index contributed by atoms with van der Waals surface area (Å²) in [6, 6.07) is 7.05. The van der Waals surface area contributed by atoms with Gasteiger partial charge < -0.3 is 5.73 Å². The average Bonchev–Trinajstić information content (AvgIpc) is 2.99. The van der Waals surface area contributed by atoms with Crippen LogP contribution >= 0.6 is 0 Å². The topological polar surface area (TPSA) is 29.3 Å². The molecule has 1 aromatic carbocycles. The molecule has 1 aromatic rings. The first-order chi connectivity index (χ1) is 10.2. The minimum Gasteiger partial charge on any atom is -0.326 e. The molecule has 1 aliphatic carbocycles. The van der Waals surface area contributed by atoms with Gasteiger partial charge in [-0.1, -0.05) is 31.4 Å². The second kappa shape index (κ2) is 6.45. The van der Waals surface area contributed by atoms with Crippen LogP contribution in [0.25, 0.3) is 0 Å². The highest BCUT2D eigenvalue weighted by Crippen LogP contribution is 2.39. The molecule has 1 saturated heterocycles. The van der Waals surface area contributed by atoms with Gasteiger partial charge in [-0.25, -0.2) is 4.39 Å². The summed E-state index contributed by atoms with van der Waals surface area (Å²) >= 11 is 0.